The fourth-order valence-electron chi connectivity index (χ4n) is 6.51. The Morgan fingerprint density at radius 2 is 0.943 bits per heavy atom. The van der Waals surface area contributed by atoms with Crippen molar-refractivity contribution in [2.75, 3.05) is 37.6 Å². The third-order valence-corrected chi connectivity index (χ3v) is 9.07. The van der Waals surface area contributed by atoms with E-state index < -0.39 is 10.4 Å². The number of nitrogens with zero attached hydrogens (tertiary/aromatic N) is 4. The highest BCUT2D eigenvalue weighted by Crippen LogP contribution is 2.34. The molecule has 0 aromatic heterocycles. The summed E-state index contributed by atoms with van der Waals surface area (Å²) < 4.78 is 49.7. The topological polar surface area (TPSA) is 188 Å². The number of nitrogens with two attached hydrogens (primary N) is 2. The molecule has 4 aromatic rings. The second-order valence-electron chi connectivity index (χ2n) is 12.2. The number of hydrogen-bond donors (Lipinski definition) is 3. The standard InChI is InChI=1S/2C20H19N3O.H2O4S/c2*1-3-23(4-2)13-9-10-17-18(11-13)24-19-12-16(21)14-7-5-6-8-15(14)20(19)22-17;1-5(2,3)4/h2*5-12,21H,3-4H2,1-2H3;(H2,1,2,3,4)/p+1. The molecule has 0 saturated carbocycles. The molecular formula is C40H41N6O6S+. The molecule has 0 amide bonds. The zero-order valence-electron chi connectivity index (χ0n) is 29.9. The minimum absolute atomic E-state index is 0.711. The van der Waals surface area contributed by atoms with Crippen LogP contribution < -0.4 is 31.3 Å². The predicted octanol–water partition coefficient (Wildman–Crippen LogP) is 5.96. The third kappa shape index (κ3) is 7.97. The zero-order chi connectivity index (χ0) is 37.9. The van der Waals surface area contributed by atoms with Gasteiger partial charge in [0.15, 0.2) is 22.7 Å². The zero-order valence-corrected chi connectivity index (χ0v) is 30.7. The van der Waals surface area contributed by atoms with Gasteiger partial charge in [0, 0.05) is 57.2 Å². The molecule has 0 fully saturated rings. The summed E-state index contributed by atoms with van der Waals surface area (Å²) in [4.78, 5) is 9.66. The molecule has 8 rings (SSSR count). The van der Waals surface area contributed by atoms with Crippen molar-refractivity contribution in [2.24, 2.45) is 0 Å². The Bertz CT molecular complexity index is 2610. The lowest BCUT2D eigenvalue weighted by molar-refractivity contribution is 0.366. The molecule has 13 heteroatoms. The maximum Gasteiger partial charge on any atom is 0.215 e. The van der Waals surface area contributed by atoms with Gasteiger partial charge in [-0.1, -0.05) is 48.5 Å². The summed E-state index contributed by atoms with van der Waals surface area (Å²) in [7, 11) is -4.92. The lowest BCUT2D eigenvalue weighted by Gasteiger charge is -2.10. The van der Waals surface area contributed by atoms with Gasteiger partial charge in [-0.05, 0) is 39.8 Å². The van der Waals surface area contributed by atoms with E-state index in [1.54, 1.807) is 0 Å². The van der Waals surface area contributed by atoms with Crippen LogP contribution in [0.5, 0.6) is 0 Å². The number of anilines is 2. The molecule has 272 valence electrons. The minimum Gasteiger partial charge on any atom is -0.726 e. The van der Waals surface area contributed by atoms with Gasteiger partial charge in [-0.2, -0.15) is 0 Å². The molecule has 12 nitrogen and oxygen atoms in total. The van der Waals surface area contributed by atoms with Crippen LogP contribution in [0.4, 0.5) is 11.4 Å². The van der Waals surface area contributed by atoms with Gasteiger partial charge in [0.05, 0.1) is 12.1 Å². The smallest absolute Gasteiger partial charge is 0.215 e. The quantitative estimate of drug-likeness (QED) is 0.0486. The third-order valence-electron chi connectivity index (χ3n) is 9.07. The highest BCUT2D eigenvalue weighted by Gasteiger charge is 2.16. The first-order chi connectivity index (χ1) is 25.4. The number of aromatic nitrogens is 2. The van der Waals surface area contributed by atoms with Crippen LogP contribution in [0.15, 0.2) is 106 Å². The van der Waals surface area contributed by atoms with E-state index in [4.69, 9.17) is 47.8 Å². The fraction of sp³-hybridized carbons (Fsp3) is 0.200. The van der Waals surface area contributed by atoms with Gasteiger partial charge in [0.2, 0.25) is 21.1 Å². The Hall–Kier alpha value is -5.89. The molecule has 0 unspecified atom stereocenters. The maximum atomic E-state index is 8.63. The number of benzene rings is 6. The van der Waals surface area contributed by atoms with Crippen LogP contribution in [0.1, 0.15) is 27.7 Å². The molecule has 2 aliphatic carbocycles. The Kier molecular flexibility index (Phi) is 10.7. The summed E-state index contributed by atoms with van der Waals surface area (Å²) in [5, 5.41) is 6.34. The fourth-order valence-corrected chi connectivity index (χ4v) is 6.51. The summed E-state index contributed by atoms with van der Waals surface area (Å²) in [5.41, 5.74) is 18.7. The molecule has 2 heterocycles. The van der Waals surface area contributed by atoms with Crippen molar-refractivity contribution in [3.63, 3.8) is 0 Å². The van der Waals surface area contributed by atoms with Crippen LogP contribution in [0, 0.1) is 0 Å². The molecule has 4 aromatic carbocycles. The van der Waals surface area contributed by atoms with Gasteiger partial charge in [0.25, 0.3) is 0 Å². The first-order valence-corrected chi connectivity index (χ1v) is 18.7. The number of hydrogen-bond acceptors (Lipinski definition) is 9. The average Bonchev–Trinajstić information content (AvgIpc) is 3.14. The molecule has 0 saturated heterocycles. The van der Waals surface area contributed by atoms with E-state index in [9.17, 15) is 0 Å². The summed E-state index contributed by atoms with van der Waals surface area (Å²) in [5.74, 6) is 1.56. The van der Waals surface area contributed by atoms with Crippen LogP contribution >= 0.6 is 0 Å². The van der Waals surface area contributed by atoms with Gasteiger partial charge in [-0.25, -0.2) is 27.5 Å². The van der Waals surface area contributed by atoms with Crippen LogP contribution in [0.2, 0.25) is 0 Å². The van der Waals surface area contributed by atoms with Crippen molar-refractivity contribution in [2.45, 2.75) is 27.7 Å². The van der Waals surface area contributed by atoms with E-state index in [0.717, 1.165) is 104 Å². The highest BCUT2D eigenvalue weighted by atomic mass is 32.3. The van der Waals surface area contributed by atoms with Gasteiger partial charge >= 0.3 is 0 Å². The van der Waals surface area contributed by atoms with Gasteiger partial charge in [-0.3, -0.25) is 4.55 Å². The van der Waals surface area contributed by atoms with Crippen molar-refractivity contribution < 1.29 is 26.4 Å². The first-order valence-electron chi connectivity index (χ1n) is 17.3. The van der Waals surface area contributed by atoms with Gasteiger partial charge in [-0.15, -0.1) is 0 Å². The molecule has 0 atom stereocenters. The van der Waals surface area contributed by atoms with E-state index in [-0.39, 0.29) is 0 Å². The van der Waals surface area contributed by atoms with Crippen molar-refractivity contribution in [1.29, 1.82) is 0 Å². The monoisotopic (exact) mass is 733 g/mol. The lowest BCUT2D eigenvalue weighted by Crippen LogP contribution is -2.29. The Morgan fingerprint density at radius 3 is 1.28 bits per heavy atom. The largest absolute Gasteiger partial charge is 0.726 e. The molecule has 4 aliphatic rings. The van der Waals surface area contributed by atoms with Crippen molar-refractivity contribution in [3.8, 4) is 22.9 Å². The molecule has 5 N–H and O–H groups in total. The van der Waals surface area contributed by atoms with E-state index >= 15 is 0 Å². The highest BCUT2D eigenvalue weighted by molar-refractivity contribution is 7.79. The number of nitrogen functional groups attached to an aromatic ring is 2. The normalized spacial score (nSPS) is 11.4. The van der Waals surface area contributed by atoms with E-state index in [2.05, 4.69) is 61.1 Å². The van der Waals surface area contributed by atoms with E-state index in [1.165, 1.54) is 0 Å². The van der Waals surface area contributed by atoms with Crippen LogP contribution in [-0.2, 0) is 10.4 Å². The Morgan fingerprint density at radius 1 is 0.604 bits per heavy atom. The molecule has 0 radical (unpaired) electrons. The molecule has 0 bridgehead atoms. The Labute approximate surface area is 306 Å². The molecule has 2 aliphatic heterocycles. The lowest BCUT2D eigenvalue weighted by atomic mass is 10.1. The van der Waals surface area contributed by atoms with Crippen LogP contribution in [-0.4, -0.2) is 53.7 Å². The van der Waals surface area contributed by atoms with E-state index in [0.29, 0.717) is 11.4 Å². The first kappa shape index (κ1) is 36.9. The number of fused-ring (bicyclic) bond motifs is 8. The van der Waals surface area contributed by atoms with E-state index in [1.807, 2.05) is 72.8 Å². The molecular weight excluding hydrogens is 693 g/mol. The summed E-state index contributed by atoms with van der Waals surface area (Å²) in [6, 6.07) is 32.2. The van der Waals surface area contributed by atoms with Crippen molar-refractivity contribution in [1.82, 2.24) is 19.1 Å². The molecule has 53 heavy (non-hydrogen) atoms. The maximum absolute atomic E-state index is 8.63. The van der Waals surface area contributed by atoms with Gasteiger partial charge < -0.3 is 24.9 Å². The second kappa shape index (κ2) is 15.4. The second-order valence-corrected chi connectivity index (χ2v) is 13.1. The minimum atomic E-state index is -4.92. The Balaban J connectivity index is 0.000000161. The van der Waals surface area contributed by atoms with Crippen molar-refractivity contribution >= 4 is 65.5 Å². The van der Waals surface area contributed by atoms with Crippen molar-refractivity contribution in [3.05, 3.63) is 108 Å². The molecule has 0 spiro atoms. The summed E-state index contributed by atoms with van der Waals surface area (Å²) in [6.07, 6.45) is 0. The summed E-state index contributed by atoms with van der Waals surface area (Å²) in [6.45, 7) is 12.4. The average molecular weight is 734 g/mol. The van der Waals surface area contributed by atoms with Gasteiger partial charge in [0.1, 0.15) is 48.6 Å². The summed E-state index contributed by atoms with van der Waals surface area (Å²) >= 11 is 0. The van der Waals surface area contributed by atoms with Crippen LogP contribution in [0.25, 0.3) is 66.7 Å². The predicted molar refractivity (Wildman–Crippen MR) is 210 cm³/mol. The SMILES string of the molecule is CC[N+](CC)=c1ccc2nc3c(cc(N)c4ccccc43)oc-2c1.CC[N+](CC)=c1ccc2nc3c(cc(N)c4ccccc43)oc-2c1.O=S(=O)([O-])O. The van der Waals surface area contributed by atoms with Crippen LogP contribution in [0.3, 0.4) is 0 Å². The number of rotatable bonds is 4.